The molecule has 0 amide bonds. The molecule has 1 heterocycles. The molecule has 1 aromatic heterocycles. The summed E-state index contributed by atoms with van der Waals surface area (Å²) in [7, 11) is -3.49. The van der Waals surface area contributed by atoms with Crippen molar-refractivity contribution < 1.29 is 13.2 Å². The fourth-order valence-corrected chi connectivity index (χ4v) is 3.04. The quantitative estimate of drug-likeness (QED) is 0.726. The number of benzene rings is 1. The van der Waals surface area contributed by atoms with Gasteiger partial charge in [0, 0.05) is 13.2 Å². The van der Waals surface area contributed by atoms with Gasteiger partial charge in [0.25, 0.3) is 0 Å². The van der Waals surface area contributed by atoms with Crippen LogP contribution in [0.2, 0.25) is 0 Å². The van der Waals surface area contributed by atoms with Crippen LogP contribution in [0, 0.1) is 6.92 Å². The van der Waals surface area contributed by atoms with Gasteiger partial charge in [-0.1, -0.05) is 30.3 Å². The molecule has 21 heavy (non-hydrogen) atoms. The molecule has 0 saturated heterocycles. The van der Waals surface area contributed by atoms with Gasteiger partial charge in [-0.25, -0.2) is 13.1 Å². The van der Waals surface area contributed by atoms with Crippen molar-refractivity contribution in [1.82, 2.24) is 14.9 Å². The lowest BCUT2D eigenvalue weighted by molar-refractivity contribution is 0.119. The van der Waals surface area contributed by atoms with Gasteiger partial charge in [0.15, 0.2) is 0 Å². The second kappa shape index (κ2) is 7.35. The lowest BCUT2D eigenvalue weighted by atomic mass is 10.2. The summed E-state index contributed by atoms with van der Waals surface area (Å²) in [6, 6.07) is 9.85. The van der Waals surface area contributed by atoms with Gasteiger partial charge < -0.3 is 4.74 Å². The normalized spacial score (nSPS) is 11.7. The van der Waals surface area contributed by atoms with E-state index in [0.29, 0.717) is 31.9 Å². The minimum Gasteiger partial charge on any atom is -0.377 e. The minimum absolute atomic E-state index is 0.188. The number of rotatable bonds is 8. The highest BCUT2D eigenvalue weighted by molar-refractivity contribution is 7.89. The van der Waals surface area contributed by atoms with E-state index in [1.807, 2.05) is 30.3 Å². The van der Waals surface area contributed by atoms with E-state index in [1.165, 1.54) is 6.20 Å². The van der Waals surface area contributed by atoms with E-state index in [1.54, 1.807) is 6.92 Å². The molecule has 2 aromatic rings. The smallest absolute Gasteiger partial charge is 0.243 e. The standard InChI is InChI=1S/C14H19N3O3S/c1-12-14(10-15-17-12)21(18,19)16-8-5-9-20-11-13-6-3-2-4-7-13/h2-4,6-7,10,16H,5,8-9,11H2,1H3,(H,15,17). The first-order valence-electron chi connectivity index (χ1n) is 6.71. The van der Waals surface area contributed by atoms with Crippen molar-refractivity contribution >= 4 is 10.0 Å². The van der Waals surface area contributed by atoms with E-state index in [-0.39, 0.29) is 4.90 Å². The molecule has 2 rings (SSSR count). The molecular formula is C14H19N3O3S. The Hall–Kier alpha value is -1.70. The molecule has 1 aromatic carbocycles. The van der Waals surface area contributed by atoms with E-state index in [2.05, 4.69) is 14.9 Å². The Kier molecular flexibility index (Phi) is 5.49. The molecule has 0 atom stereocenters. The molecule has 0 unspecified atom stereocenters. The number of sulfonamides is 1. The number of nitrogens with zero attached hydrogens (tertiary/aromatic N) is 1. The Morgan fingerprint density at radius 1 is 1.29 bits per heavy atom. The highest BCUT2D eigenvalue weighted by Gasteiger charge is 2.17. The monoisotopic (exact) mass is 309 g/mol. The third-order valence-electron chi connectivity index (χ3n) is 2.94. The Balaban J connectivity index is 1.67. The fourth-order valence-electron chi connectivity index (χ4n) is 1.83. The molecule has 0 saturated carbocycles. The Labute approximate surface area is 124 Å². The van der Waals surface area contributed by atoms with Crippen LogP contribution < -0.4 is 4.72 Å². The van der Waals surface area contributed by atoms with Crippen molar-refractivity contribution in [3.63, 3.8) is 0 Å². The van der Waals surface area contributed by atoms with Gasteiger partial charge in [-0.2, -0.15) is 5.10 Å². The van der Waals surface area contributed by atoms with Gasteiger partial charge in [-0.15, -0.1) is 0 Å². The molecule has 7 heteroatoms. The Bertz CT molecular complexity index is 653. The molecule has 6 nitrogen and oxygen atoms in total. The maximum atomic E-state index is 12.0. The van der Waals surface area contributed by atoms with Gasteiger partial charge in [0.05, 0.1) is 18.5 Å². The van der Waals surface area contributed by atoms with Crippen LogP contribution in [-0.2, 0) is 21.4 Å². The van der Waals surface area contributed by atoms with E-state index in [0.717, 1.165) is 5.56 Å². The number of H-pyrrole nitrogens is 1. The predicted molar refractivity (Wildman–Crippen MR) is 79.2 cm³/mol. The number of aryl methyl sites for hydroxylation is 1. The maximum Gasteiger partial charge on any atom is 0.243 e. The highest BCUT2D eigenvalue weighted by Crippen LogP contribution is 2.10. The summed E-state index contributed by atoms with van der Waals surface area (Å²) in [6.45, 7) is 3.04. The molecule has 114 valence electrons. The van der Waals surface area contributed by atoms with Gasteiger partial charge >= 0.3 is 0 Å². The summed E-state index contributed by atoms with van der Waals surface area (Å²) in [5.74, 6) is 0. The average Bonchev–Trinajstić information content (AvgIpc) is 2.91. The summed E-state index contributed by atoms with van der Waals surface area (Å²) >= 11 is 0. The van der Waals surface area contributed by atoms with Crippen molar-refractivity contribution in [3.05, 3.63) is 47.8 Å². The first-order chi connectivity index (χ1) is 10.1. The van der Waals surface area contributed by atoms with E-state index in [9.17, 15) is 8.42 Å². The number of aromatic amines is 1. The third-order valence-corrected chi connectivity index (χ3v) is 4.52. The van der Waals surface area contributed by atoms with Crippen LogP contribution in [-0.4, -0.2) is 31.8 Å². The Morgan fingerprint density at radius 2 is 2.05 bits per heavy atom. The average molecular weight is 309 g/mol. The first kappa shape index (κ1) is 15.7. The van der Waals surface area contributed by atoms with Crippen LogP contribution in [0.5, 0.6) is 0 Å². The lowest BCUT2D eigenvalue weighted by Gasteiger charge is -2.06. The van der Waals surface area contributed by atoms with Crippen LogP contribution in [0.15, 0.2) is 41.4 Å². The molecule has 0 radical (unpaired) electrons. The molecule has 0 fully saturated rings. The summed E-state index contributed by atoms with van der Waals surface area (Å²) in [5.41, 5.74) is 1.63. The molecule has 0 spiro atoms. The van der Waals surface area contributed by atoms with Crippen LogP contribution in [0.4, 0.5) is 0 Å². The minimum atomic E-state index is -3.49. The lowest BCUT2D eigenvalue weighted by Crippen LogP contribution is -2.25. The molecule has 0 bridgehead atoms. The summed E-state index contributed by atoms with van der Waals surface area (Å²) in [6.07, 6.45) is 1.92. The van der Waals surface area contributed by atoms with E-state index < -0.39 is 10.0 Å². The third kappa shape index (κ3) is 4.66. The van der Waals surface area contributed by atoms with E-state index in [4.69, 9.17) is 4.74 Å². The number of nitrogens with one attached hydrogen (secondary N) is 2. The van der Waals surface area contributed by atoms with Crippen molar-refractivity contribution in [2.24, 2.45) is 0 Å². The van der Waals surface area contributed by atoms with Crippen LogP contribution >= 0.6 is 0 Å². The number of hydrogen-bond donors (Lipinski definition) is 2. The molecule has 0 aliphatic heterocycles. The maximum absolute atomic E-state index is 12.0. The molecular weight excluding hydrogens is 290 g/mol. The summed E-state index contributed by atoms with van der Waals surface area (Å²) in [4.78, 5) is 0.188. The van der Waals surface area contributed by atoms with Crippen LogP contribution in [0.25, 0.3) is 0 Å². The Morgan fingerprint density at radius 3 is 2.71 bits per heavy atom. The fraction of sp³-hybridized carbons (Fsp3) is 0.357. The van der Waals surface area contributed by atoms with Crippen LogP contribution in [0.1, 0.15) is 17.7 Å². The molecule has 2 N–H and O–H groups in total. The first-order valence-corrected chi connectivity index (χ1v) is 8.19. The van der Waals surface area contributed by atoms with Gasteiger partial charge in [-0.3, -0.25) is 5.10 Å². The number of hydrogen-bond acceptors (Lipinski definition) is 4. The second-order valence-corrected chi connectivity index (χ2v) is 6.38. The highest BCUT2D eigenvalue weighted by atomic mass is 32.2. The van der Waals surface area contributed by atoms with Gasteiger partial charge in [0.2, 0.25) is 10.0 Å². The van der Waals surface area contributed by atoms with Crippen molar-refractivity contribution in [2.75, 3.05) is 13.2 Å². The molecule has 0 aliphatic carbocycles. The zero-order chi connectivity index (χ0) is 15.1. The SMILES string of the molecule is Cc1[nH]ncc1S(=O)(=O)NCCCOCc1ccccc1. The van der Waals surface area contributed by atoms with Gasteiger partial charge in [0.1, 0.15) is 4.90 Å². The van der Waals surface area contributed by atoms with Crippen LogP contribution in [0.3, 0.4) is 0 Å². The second-order valence-electron chi connectivity index (χ2n) is 4.65. The number of aromatic nitrogens is 2. The summed E-state index contributed by atoms with van der Waals surface area (Å²) in [5, 5.41) is 6.32. The zero-order valence-electron chi connectivity index (χ0n) is 11.9. The topological polar surface area (TPSA) is 84.1 Å². The van der Waals surface area contributed by atoms with Crippen molar-refractivity contribution in [1.29, 1.82) is 0 Å². The van der Waals surface area contributed by atoms with E-state index >= 15 is 0 Å². The molecule has 0 aliphatic rings. The van der Waals surface area contributed by atoms with Gasteiger partial charge in [-0.05, 0) is 18.9 Å². The van der Waals surface area contributed by atoms with Crippen molar-refractivity contribution in [2.45, 2.75) is 24.8 Å². The largest absolute Gasteiger partial charge is 0.377 e. The van der Waals surface area contributed by atoms with Crippen molar-refractivity contribution in [3.8, 4) is 0 Å². The summed E-state index contributed by atoms with van der Waals surface area (Å²) < 4.78 is 31.9. The number of ether oxygens (including phenoxy) is 1. The zero-order valence-corrected chi connectivity index (χ0v) is 12.7. The predicted octanol–water partition coefficient (Wildman–Crippen LogP) is 1.60.